The molecule has 0 spiro atoms. The van der Waals surface area contributed by atoms with E-state index < -0.39 is 5.82 Å². The molecule has 9 nitrogen and oxygen atoms in total. The molecule has 188 valence electrons. The van der Waals surface area contributed by atoms with E-state index in [0.29, 0.717) is 51.6 Å². The van der Waals surface area contributed by atoms with E-state index in [9.17, 15) is 9.18 Å². The normalized spacial score (nSPS) is 10.5. The fourth-order valence-electron chi connectivity index (χ4n) is 3.60. The zero-order valence-corrected chi connectivity index (χ0v) is 20.2. The van der Waals surface area contributed by atoms with Crippen LogP contribution in [-0.4, -0.2) is 32.9 Å². The first-order chi connectivity index (χ1) is 18.6. The first kappa shape index (κ1) is 24.3. The van der Waals surface area contributed by atoms with Gasteiger partial charge in [0.05, 0.1) is 16.8 Å². The molecule has 3 heterocycles. The average Bonchev–Trinajstić information content (AvgIpc) is 2.95. The summed E-state index contributed by atoms with van der Waals surface area (Å²) in [7, 11) is 1.75. The standard InChI is InChI=1S/C28H22FN7O2/c1-30-28-33-16-13-24(36-28)22-7-3-15-32-27(22)38-21-11-9-19(10-12-21)35-26(37)23-8-4-14-31-25(23)34-20-6-2-5-18(29)17-20/h2-17H,1H3,(H,31,34)(H,35,37)(H,30,33,36). The highest BCUT2D eigenvalue weighted by molar-refractivity contribution is 6.07. The Kier molecular flexibility index (Phi) is 7.12. The molecule has 0 aliphatic heterocycles. The van der Waals surface area contributed by atoms with Gasteiger partial charge in [0, 0.05) is 37.0 Å². The second-order valence-electron chi connectivity index (χ2n) is 7.99. The summed E-state index contributed by atoms with van der Waals surface area (Å²) in [6, 6.07) is 21.6. The minimum Gasteiger partial charge on any atom is -0.438 e. The lowest BCUT2D eigenvalue weighted by Crippen LogP contribution is -2.14. The van der Waals surface area contributed by atoms with E-state index in [-0.39, 0.29) is 5.91 Å². The van der Waals surface area contributed by atoms with Crippen LogP contribution in [0.3, 0.4) is 0 Å². The number of benzene rings is 2. The highest BCUT2D eigenvalue weighted by Gasteiger charge is 2.14. The Bertz CT molecular complexity index is 1580. The topological polar surface area (TPSA) is 114 Å². The van der Waals surface area contributed by atoms with Gasteiger partial charge in [0.1, 0.15) is 17.4 Å². The highest BCUT2D eigenvalue weighted by atomic mass is 19.1. The molecule has 38 heavy (non-hydrogen) atoms. The largest absolute Gasteiger partial charge is 0.438 e. The minimum absolute atomic E-state index is 0.306. The SMILES string of the molecule is CNc1nccc(-c2cccnc2Oc2ccc(NC(=O)c3cccnc3Nc3cccc(F)c3)cc2)n1. The van der Waals surface area contributed by atoms with Gasteiger partial charge < -0.3 is 20.7 Å². The maximum absolute atomic E-state index is 13.6. The number of rotatable bonds is 8. The van der Waals surface area contributed by atoms with E-state index >= 15 is 0 Å². The molecule has 0 aliphatic carbocycles. The lowest BCUT2D eigenvalue weighted by molar-refractivity contribution is 0.102. The van der Waals surface area contributed by atoms with Gasteiger partial charge in [-0.15, -0.1) is 0 Å². The molecule has 0 aliphatic rings. The summed E-state index contributed by atoms with van der Waals surface area (Å²) in [6.07, 6.45) is 4.85. The van der Waals surface area contributed by atoms with Gasteiger partial charge in [0.25, 0.3) is 5.91 Å². The number of hydrogen-bond acceptors (Lipinski definition) is 8. The van der Waals surface area contributed by atoms with E-state index in [2.05, 4.69) is 35.9 Å². The van der Waals surface area contributed by atoms with Crippen LogP contribution in [0.4, 0.5) is 27.5 Å². The average molecular weight is 508 g/mol. The summed E-state index contributed by atoms with van der Waals surface area (Å²) in [5.41, 5.74) is 2.71. The van der Waals surface area contributed by atoms with Crippen molar-refractivity contribution < 1.29 is 13.9 Å². The summed E-state index contributed by atoms with van der Waals surface area (Å²) >= 11 is 0. The van der Waals surface area contributed by atoms with Crippen molar-refractivity contribution in [3.05, 3.63) is 109 Å². The molecule has 3 aromatic heterocycles. The van der Waals surface area contributed by atoms with Gasteiger partial charge in [-0.25, -0.2) is 24.3 Å². The van der Waals surface area contributed by atoms with Crippen LogP contribution in [0, 0.1) is 5.82 Å². The molecule has 0 atom stereocenters. The number of pyridine rings is 2. The van der Waals surface area contributed by atoms with Crippen molar-refractivity contribution in [3.8, 4) is 22.9 Å². The van der Waals surface area contributed by atoms with E-state index in [1.54, 1.807) is 86.3 Å². The van der Waals surface area contributed by atoms with Gasteiger partial charge in [0.15, 0.2) is 0 Å². The van der Waals surface area contributed by atoms with Crippen molar-refractivity contribution in [2.45, 2.75) is 0 Å². The van der Waals surface area contributed by atoms with Gasteiger partial charge in [0.2, 0.25) is 11.8 Å². The first-order valence-corrected chi connectivity index (χ1v) is 11.6. The number of anilines is 4. The molecule has 0 radical (unpaired) electrons. The lowest BCUT2D eigenvalue weighted by Gasteiger charge is -2.12. The molecule has 0 unspecified atom stereocenters. The summed E-state index contributed by atoms with van der Waals surface area (Å²) < 4.78 is 19.6. The number of ether oxygens (including phenoxy) is 1. The molecular formula is C28H22FN7O2. The van der Waals surface area contributed by atoms with Crippen LogP contribution < -0.4 is 20.7 Å². The Morgan fingerprint density at radius 2 is 1.66 bits per heavy atom. The number of aromatic nitrogens is 4. The molecule has 0 saturated heterocycles. The number of amides is 1. The molecule has 0 saturated carbocycles. The summed E-state index contributed by atoms with van der Waals surface area (Å²) in [6.45, 7) is 0. The number of carbonyl (C=O) groups is 1. The van der Waals surface area contributed by atoms with Gasteiger partial charge in [-0.3, -0.25) is 4.79 Å². The molecule has 0 bridgehead atoms. The quantitative estimate of drug-likeness (QED) is 0.238. The van der Waals surface area contributed by atoms with E-state index in [1.807, 2.05) is 6.07 Å². The van der Waals surface area contributed by atoms with Crippen LogP contribution in [0.5, 0.6) is 11.6 Å². The predicted octanol–water partition coefficient (Wildman–Crippen LogP) is 5.90. The van der Waals surface area contributed by atoms with Crippen LogP contribution in [0.1, 0.15) is 10.4 Å². The Hall–Kier alpha value is -5.38. The van der Waals surface area contributed by atoms with Crippen molar-refractivity contribution in [1.82, 2.24) is 19.9 Å². The second kappa shape index (κ2) is 11.1. The highest BCUT2D eigenvalue weighted by Crippen LogP contribution is 2.31. The molecular weight excluding hydrogens is 485 g/mol. The van der Waals surface area contributed by atoms with Crippen LogP contribution in [0.2, 0.25) is 0 Å². The molecule has 5 rings (SSSR count). The number of nitrogens with zero attached hydrogens (tertiary/aromatic N) is 4. The van der Waals surface area contributed by atoms with E-state index in [0.717, 1.165) is 0 Å². The first-order valence-electron chi connectivity index (χ1n) is 11.6. The Morgan fingerprint density at radius 1 is 0.842 bits per heavy atom. The fraction of sp³-hybridized carbons (Fsp3) is 0.0357. The van der Waals surface area contributed by atoms with Crippen molar-refractivity contribution in [2.75, 3.05) is 23.0 Å². The van der Waals surface area contributed by atoms with Crippen LogP contribution in [-0.2, 0) is 0 Å². The summed E-state index contributed by atoms with van der Waals surface area (Å²) in [5, 5.41) is 8.76. The Morgan fingerprint density at radius 3 is 2.47 bits per heavy atom. The van der Waals surface area contributed by atoms with Crippen molar-refractivity contribution in [1.29, 1.82) is 0 Å². The van der Waals surface area contributed by atoms with E-state index in [1.165, 1.54) is 12.1 Å². The maximum Gasteiger partial charge on any atom is 0.259 e. The molecule has 3 N–H and O–H groups in total. The van der Waals surface area contributed by atoms with Crippen LogP contribution in [0.15, 0.2) is 97.5 Å². The van der Waals surface area contributed by atoms with Crippen LogP contribution >= 0.6 is 0 Å². The number of carbonyl (C=O) groups excluding carboxylic acids is 1. The smallest absolute Gasteiger partial charge is 0.259 e. The third-order valence-corrected chi connectivity index (χ3v) is 5.39. The predicted molar refractivity (Wildman–Crippen MR) is 143 cm³/mol. The van der Waals surface area contributed by atoms with Gasteiger partial charge in [-0.05, 0) is 72.8 Å². The lowest BCUT2D eigenvalue weighted by atomic mass is 10.2. The van der Waals surface area contributed by atoms with Gasteiger partial charge in [-0.2, -0.15) is 0 Å². The monoisotopic (exact) mass is 507 g/mol. The van der Waals surface area contributed by atoms with Gasteiger partial charge in [-0.1, -0.05) is 6.07 Å². The molecule has 5 aromatic rings. The Labute approximate surface area is 217 Å². The fourth-order valence-corrected chi connectivity index (χ4v) is 3.60. The molecule has 2 aromatic carbocycles. The third-order valence-electron chi connectivity index (χ3n) is 5.39. The van der Waals surface area contributed by atoms with Gasteiger partial charge >= 0.3 is 0 Å². The number of nitrogens with one attached hydrogen (secondary N) is 3. The molecule has 0 fully saturated rings. The van der Waals surface area contributed by atoms with Crippen molar-refractivity contribution in [2.24, 2.45) is 0 Å². The Balaban J connectivity index is 1.30. The van der Waals surface area contributed by atoms with Crippen molar-refractivity contribution >= 4 is 29.0 Å². The third kappa shape index (κ3) is 5.71. The molecule has 10 heteroatoms. The van der Waals surface area contributed by atoms with E-state index in [4.69, 9.17) is 4.74 Å². The number of halogens is 1. The zero-order valence-electron chi connectivity index (χ0n) is 20.2. The molecule has 1 amide bonds. The minimum atomic E-state index is -0.392. The van der Waals surface area contributed by atoms with Crippen LogP contribution in [0.25, 0.3) is 11.3 Å². The number of hydrogen-bond donors (Lipinski definition) is 3. The summed E-state index contributed by atoms with van der Waals surface area (Å²) in [4.78, 5) is 30.2. The van der Waals surface area contributed by atoms with Crippen molar-refractivity contribution in [3.63, 3.8) is 0 Å². The zero-order chi connectivity index (χ0) is 26.3. The maximum atomic E-state index is 13.6. The second-order valence-corrected chi connectivity index (χ2v) is 7.99. The summed E-state index contributed by atoms with van der Waals surface area (Å²) in [5.74, 6) is 0.942.